The first-order valence-electron chi connectivity index (χ1n) is 6.97. The molecule has 16 heavy (non-hydrogen) atoms. The van der Waals surface area contributed by atoms with E-state index in [9.17, 15) is 4.79 Å². The first kappa shape index (κ1) is 10.6. The fourth-order valence-corrected chi connectivity index (χ4v) is 4.58. The van der Waals surface area contributed by atoms with Crippen LogP contribution in [0, 0.1) is 29.6 Å². The zero-order chi connectivity index (χ0) is 11.3. The number of carbonyl (C=O) groups is 1. The number of hydrogen-bond acceptors (Lipinski definition) is 1. The van der Waals surface area contributed by atoms with Gasteiger partial charge in [0.2, 0.25) is 5.91 Å². The van der Waals surface area contributed by atoms with Crippen LogP contribution in [0.4, 0.5) is 0 Å². The zero-order valence-corrected chi connectivity index (χ0v) is 10.4. The van der Waals surface area contributed by atoms with Crippen LogP contribution in [0.15, 0.2) is 0 Å². The number of rotatable bonds is 2. The summed E-state index contributed by atoms with van der Waals surface area (Å²) in [6, 6.07) is 0.513. The van der Waals surface area contributed by atoms with Gasteiger partial charge in [0.05, 0.1) is 0 Å². The largest absolute Gasteiger partial charge is 0.353 e. The number of carbonyl (C=O) groups excluding carboxylic acids is 1. The van der Waals surface area contributed by atoms with Gasteiger partial charge in [0.25, 0.3) is 0 Å². The lowest BCUT2D eigenvalue weighted by atomic mass is 9.79. The molecule has 1 amide bonds. The molecule has 2 bridgehead atoms. The van der Waals surface area contributed by atoms with Gasteiger partial charge in [0, 0.05) is 12.0 Å². The molecule has 0 saturated heterocycles. The second kappa shape index (κ2) is 3.75. The Bertz CT molecular complexity index is 299. The maximum Gasteiger partial charge on any atom is 0.222 e. The van der Waals surface area contributed by atoms with Crippen molar-refractivity contribution in [2.45, 2.75) is 52.0 Å². The van der Waals surface area contributed by atoms with Crippen LogP contribution in [-0.2, 0) is 4.79 Å². The van der Waals surface area contributed by atoms with Crippen molar-refractivity contribution in [2.75, 3.05) is 0 Å². The summed E-state index contributed by atoms with van der Waals surface area (Å²) in [6.07, 6.45) is 7.01. The third-order valence-corrected chi connectivity index (χ3v) is 5.28. The van der Waals surface area contributed by atoms with Gasteiger partial charge in [-0.2, -0.15) is 0 Å². The Kier molecular flexibility index (Phi) is 2.49. The molecule has 2 nitrogen and oxygen atoms in total. The molecule has 0 aromatic heterocycles. The molecule has 0 heterocycles. The Hall–Kier alpha value is -0.530. The molecular weight excluding hydrogens is 198 g/mol. The minimum absolute atomic E-state index is 0.138. The number of nitrogens with one attached hydrogen (secondary N) is 1. The molecule has 3 rings (SSSR count). The zero-order valence-electron chi connectivity index (χ0n) is 10.4. The van der Waals surface area contributed by atoms with Gasteiger partial charge in [-0.3, -0.25) is 4.79 Å². The molecule has 3 aliphatic carbocycles. The van der Waals surface area contributed by atoms with Crippen LogP contribution >= 0.6 is 0 Å². The molecule has 3 fully saturated rings. The van der Waals surface area contributed by atoms with E-state index in [1.54, 1.807) is 0 Å². The smallest absolute Gasteiger partial charge is 0.222 e. The van der Waals surface area contributed by atoms with Gasteiger partial charge in [-0.05, 0) is 49.4 Å². The molecule has 90 valence electrons. The summed E-state index contributed by atoms with van der Waals surface area (Å²) in [5.74, 6) is 4.13. The van der Waals surface area contributed by atoms with Crippen LogP contribution in [0.25, 0.3) is 0 Å². The average molecular weight is 221 g/mol. The van der Waals surface area contributed by atoms with Gasteiger partial charge in [-0.15, -0.1) is 0 Å². The minimum Gasteiger partial charge on any atom is -0.353 e. The Morgan fingerprint density at radius 3 is 2.62 bits per heavy atom. The maximum atomic E-state index is 11.8. The van der Waals surface area contributed by atoms with E-state index in [-0.39, 0.29) is 11.8 Å². The average Bonchev–Trinajstić information content (AvgIpc) is 2.87. The Morgan fingerprint density at radius 2 is 1.88 bits per heavy atom. The van der Waals surface area contributed by atoms with Crippen molar-refractivity contribution in [1.82, 2.24) is 5.32 Å². The maximum absolute atomic E-state index is 11.8. The lowest BCUT2D eigenvalue weighted by Gasteiger charge is -2.32. The fraction of sp³-hybridized carbons (Fsp3) is 0.929. The minimum atomic E-state index is 0.138. The van der Waals surface area contributed by atoms with E-state index in [4.69, 9.17) is 0 Å². The number of fused-ring (bicyclic) bond motifs is 5. The lowest BCUT2D eigenvalue weighted by Crippen LogP contribution is -2.43. The first-order valence-corrected chi connectivity index (χ1v) is 6.97. The summed E-state index contributed by atoms with van der Waals surface area (Å²) in [5, 5.41) is 3.28. The van der Waals surface area contributed by atoms with Crippen LogP contribution < -0.4 is 5.32 Å². The highest BCUT2D eigenvalue weighted by Gasteiger charge is 2.53. The molecule has 0 aromatic carbocycles. The Balaban J connectivity index is 1.66. The van der Waals surface area contributed by atoms with Gasteiger partial charge in [-0.25, -0.2) is 0 Å². The lowest BCUT2D eigenvalue weighted by molar-refractivity contribution is -0.125. The van der Waals surface area contributed by atoms with Gasteiger partial charge < -0.3 is 5.32 Å². The van der Waals surface area contributed by atoms with Crippen LogP contribution in [0.2, 0.25) is 0 Å². The highest BCUT2D eigenvalue weighted by atomic mass is 16.1. The summed E-state index contributed by atoms with van der Waals surface area (Å²) < 4.78 is 0. The van der Waals surface area contributed by atoms with Gasteiger partial charge in [0.15, 0.2) is 0 Å². The summed E-state index contributed by atoms with van der Waals surface area (Å²) in [4.78, 5) is 11.8. The summed E-state index contributed by atoms with van der Waals surface area (Å²) in [6.45, 7) is 3.97. The quantitative estimate of drug-likeness (QED) is 0.763. The van der Waals surface area contributed by atoms with Crippen LogP contribution in [0.3, 0.4) is 0 Å². The monoisotopic (exact) mass is 221 g/mol. The second-order valence-electron chi connectivity index (χ2n) is 6.42. The molecule has 5 atom stereocenters. The van der Waals surface area contributed by atoms with Crippen molar-refractivity contribution in [3.8, 4) is 0 Å². The van der Waals surface area contributed by atoms with Crippen molar-refractivity contribution >= 4 is 5.91 Å². The van der Waals surface area contributed by atoms with Gasteiger partial charge in [0.1, 0.15) is 0 Å². The Morgan fingerprint density at radius 1 is 1.12 bits per heavy atom. The van der Waals surface area contributed by atoms with E-state index in [1.807, 2.05) is 13.8 Å². The molecule has 3 saturated carbocycles. The van der Waals surface area contributed by atoms with E-state index in [1.165, 1.54) is 32.1 Å². The second-order valence-corrected chi connectivity index (χ2v) is 6.42. The van der Waals surface area contributed by atoms with Crippen molar-refractivity contribution < 1.29 is 4.79 Å². The third kappa shape index (κ3) is 1.49. The van der Waals surface area contributed by atoms with Crippen LogP contribution in [0.1, 0.15) is 46.0 Å². The molecule has 2 heteroatoms. The first-order chi connectivity index (χ1) is 7.66. The third-order valence-electron chi connectivity index (χ3n) is 5.28. The van der Waals surface area contributed by atoms with Crippen molar-refractivity contribution in [3.05, 3.63) is 0 Å². The molecule has 0 spiro atoms. The molecule has 0 aliphatic heterocycles. The predicted octanol–water partition coefficient (Wildman–Crippen LogP) is 2.58. The van der Waals surface area contributed by atoms with E-state index in [0.29, 0.717) is 6.04 Å². The highest BCUT2D eigenvalue weighted by molar-refractivity contribution is 5.78. The summed E-state index contributed by atoms with van der Waals surface area (Å²) in [7, 11) is 0. The fourth-order valence-electron chi connectivity index (χ4n) is 4.58. The van der Waals surface area contributed by atoms with E-state index >= 15 is 0 Å². The molecular formula is C14H23NO. The van der Waals surface area contributed by atoms with E-state index < -0.39 is 0 Å². The van der Waals surface area contributed by atoms with Crippen molar-refractivity contribution in [2.24, 2.45) is 29.6 Å². The normalized spacial score (nSPS) is 45.1. The van der Waals surface area contributed by atoms with Crippen LogP contribution in [-0.4, -0.2) is 11.9 Å². The predicted molar refractivity (Wildman–Crippen MR) is 63.8 cm³/mol. The standard InChI is InChI=1S/C14H23NO/c1-8(2)14(16)15-13-7-9-6-12(13)11-5-3-4-10(9)11/h8-13H,3-7H2,1-2H3,(H,15,16)/t9-,10-,11+,12+,13-/m1/s1. The van der Waals surface area contributed by atoms with E-state index in [2.05, 4.69) is 5.32 Å². The Labute approximate surface area is 98.2 Å². The topological polar surface area (TPSA) is 29.1 Å². The van der Waals surface area contributed by atoms with Gasteiger partial charge in [-0.1, -0.05) is 20.3 Å². The van der Waals surface area contributed by atoms with Crippen LogP contribution in [0.5, 0.6) is 0 Å². The molecule has 0 unspecified atom stereocenters. The number of amides is 1. The summed E-state index contributed by atoms with van der Waals surface area (Å²) >= 11 is 0. The molecule has 0 radical (unpaired) electrons. The molecule has 3 aliphatic rings. The number of hydrogen-bond donors (Lipinski definition) is 1. The highest BCUT2D eigenvalue weighted by Crippen LogP contribution is 2.58. The van der Waals surface area contributed by atoms with Gasteiger partial charge >= 0.3 is 0 Å². The van der Waals surface area contributed by atoms with Crippen molar-refractivity contribution in [3.63, 3.8) is 0 Å². The van der Waals surface area contributed by atoms with Crippen molar-refractivity contribution in [1.29, 1.82) is 0 Å². The van der Waals surface area contributed by atoms with E-state index in [0.717, 1.165) is 23.7 Å². The molecule has 0 aromatic rings. The SMILES string of the molecule is CC(C)C(=O)N[C@@H]1C[C@H]2C[C@H]1[C@H]1CCC[C@H]21. The molecule has 1 N–H and O–H groups in total. The summed E-state index contributed by atoms with van der Waals surface area (Å²) in [5.41, 5.74) is 0.